The Labute approximate surface area is 74.2 Å². The normalized spacial score (nSPS) is 24.6. The highest BCUT2D eigenvalue weighted by molar-refractivity contribution is 5.82. The summed E-state index contributed by atoms with van der Waals surface area (Å²) in [6, 6.07) is 0. The molecule has 6 nitrogen and oxygen atoms in total. The van der Waals surface area contributed by atoms with Crippen LogP contribution in [-0.2, 0) is 4.79 Å². The molecule has 1 aliphatic carbocycles. The van der Waals surface area contributed by atoms with E-state index in [2.05, 4.69) is 5.29 Å². The van der Waals surface area contributed by atoms with E-state index in [1.165, 1.54) is 6.08 Å². The van der Waals surface area contributed by atoms with Crippen molar-refractivity contribution in [3.63, 3.8) is 0 Å². The number of aliphatic carboxylic acids is 1. The fourth-order valence-corrected chi connectivity index (χ4v) is 0.991. The molecular weight excluding hydrogens is 176 g/mol. The lowest BCUT2D eigenvalue weighted by molar-refractivity contribution is -0.142. The van der Waals surface area contributed by atoms with Crippen molar-refractivity contribution in [3.05, 3.63) is 29.2 Å². The number of nitrogens with zero attached hydrogens (tertiary/aromatic N) is 1. The molecule has 0 saturated carbocycles. The predicted molar refractivity (Wildman–Crippen MR) is 45.8 cm³/mol. The molecule has 0 radical (unpaired) electrons. The summed E-state index contributed by atoms with van der Waals surface area (Å²) in [5.41, 5.74) is 0.679. The van der Waals surface area contributed by atoms with Crippen molar-refractivity contribution in [1.82, 2.24) is 5.43 Å². The van der Waals surface area contributed by atoms with Crippen molar-refractivity contribution in [3.8, 4) is 0 Å². The van der Waals surface area contributed by atoms with Crippen LogP contribution in [0, 0.1) is 4.91 Å². The molecule has 0 bridgehead atoms. The van der Waals surface area contributed by atoms with E-state index in [1.807, 2.05) is 5.43 Å². The van der Waals surface area contributed by atoms with E-state index < -0.39 is 11.5 Å². The SMILES string of the molecule is O.O=NNC1(C(=O)O)C=CC=CC1. The Morgan fingerprint density at radius 3 is 2.62 bits per heavy atom. The zero-order valence-electron chi connectivity index (χ0n) is 6.73. The highest BCUT2D eigenvalue weighted by atomic mass is 16.4. The summed E-state index contributed by atoms with van der Waals surface area (Å²) in [6.07, 6.45) is 6.57. The van der Waals surface area contributed by atoms with E-state index in [0.717, 1.165) is 0 Å². The van der Waals surface area contributed by atoms with Crippen molar-refractivity contribution in [2.24, 2.45) is 5.29 Å². The second-order valence-corrected chi connectivity index (χ2v) is 2.47. The number of allylic oxidation sites excluding steroid dienone is 2. The van der Waals surface area contributed by atoms with Crippen molar-refractivity contribution < 1.29 is 15.4 Å². The van der Waals surface area contributed by atoms with E-state index >= 15 is 0 Å². The lowest BCUT2D eigenvalue weighted by atomic mass is 9.92. The summed E-state index contributed by atoms with van der Waals surface area (Å²) >= 11 is 0. The van der Waals surface area contributed by atoms with Gasteiger partial charge in [0.15, 0.2) is 5.54 Å². The number of hydrogen-bond donors (Lipinski definition) is 2. The Morgan fingerprint density at radius 1 is 1.54 bits per heavy atom. The van der Waals surface area contributed by atoms with Gasteiger partial charge in [-0.15, -0.1) is 4.91 Å². The van der Waals surface area contributed by atoms with Crippen molar-refractivity contribution in [2.75, 3.05) is 0 Å². The molecule has 0 aromatic carbocycles. The molecule has 6 heteroatoms. The van der Waals surface area contributed by atoms with Gasteiger partial charge < -0.3 is 10.6 Å². The van der Waals surface area contributed by atoms with Crippen molar-refractivity contribution in [1.29, 1.82) is 0 Å². The Hall–Kier alpha value is -1.69. The molecule has 0 aromatic rings. The highest BCUT2D eigenvalue weighted by Crippen LogP contribution is 2.17. The number of carboxylic acids is 1. The van der Waals surface area contributed by atoms with Gasteiger partial charge in [-0.3, -0.25) is 5.43 Å². The standard InChI is InChI=1S/C7H8N2O3.H2O/c10-6(11)7(8-9-12)4-2-1-3-5-7;/h1-4H,5H2,(H,8,12)(H,10,11);1H2. The zero-order chi connectivity index (χ0) is 9.03. The van der Waals surface area contributed by atoms with Crippen LogP contribution in [0.2, 0.25) is 0 Å². The fourth-order valence-electron chi connectivity index (χ4n) is 0.991. The number of rotatable bonds is 3. The molecule has 72 valence electrons. The molecule has 0 spiro atoms. The highest BCUT2D eigenvalue weighted by Gasteiger charge is 2.35. The quantitative estimate of drug-likeness (QED) is 0.468. The van der Waals surface area contributed by atoms with E-state index in [-0.39, 0.29) is 11.9 Å². The van der Waals surface area contributed by atoms with Crippen molar-refractivity contribution in [2.45, 2.75) is 12.0 Å². The minimum atomic E-state index is -1.35. The van der Waals surface area contributed by atoms with Crippen LogP contribution in [0.25, 0.3) is 0 Å². The van der Waals surface area contributed by atoms with Gasteiger partial charge in [0.25, 0.3) is 0 Å². The Kier molecular flexibility index (Phi) is 3.80. The maximum atomic E-state index is 10.7. The third kappa shape index (κ3) is 2.12. The van der Waals surface area contributed by atoms with Crippen LogP contribution in [0.5, 0.6) is 0 Å². The first-order chi connectivity index (χ1) is 5.71. The van der Waals surface area contributed by atoms with Gasteiger partial charge in [-0.25, -0.2) is 4.79 Å². The number of hydrogen-bond acceptors (Lipinski definition) is 3. The summed E-state index contributed by atoms with van der Waals surface area (Å²) in [4.78, 5) is 20.6. The maximum Gasteiger partial charge on any atom is 0.335 e. The predicted octanol–water partition coefficient (Wildman–Crippen LogP) is -0.228. The van der Waals surface area contributed by atoms with Gasteiger partial charge in [-0.2, -0.15) is 0 Å². The summed E-state index contributed by atoms with van der Waals surface area (Å²) in [6.45, 7) is 0. The monoisotopic (exact) mass is 186 g/mol. The number of nitroso groups, excluding NO2 is 1. The van der Waals surface area contributed by atoms with Gasteiger partial charge in [-0.05, 0) is 6.08 Å². The third-order valence-corrected chi connectivity index (χ3v) is 1.69. The molecule has 0 aromatic heterocycles. The smallest absolute Gasteiger partial charge is 0.335 e. The molecule has 1 rings (SSSR count). The van der Waals surface area contributed by atoms with Crippen LogP contribution < -0.4 is 5.43 Å². The average molecular weight is 186 g/mol. The topological polar surface area (TPSA) is 110 Å². The molecule has 13 heavy (non-hydrogen) atoms. The summed E-state index contributed by atoms with van der Waals surface area (Å²) in [7, 11) is 0. The second kappa shape index (κ2) is 4.36. The maximum absolute atomic E-state index is 10.7. The molecule has 0 saturated heterocycles. The Morgan fingerprint density at radius 2 is 2.23 bits per heavy atom. The van der Waals surface area contributed by atoms with Gasteiger partial charge in [-0.1, -0.05) is 18.2 Å². The van der Waals surface area contributed by atoms with Gasteiger partial charge in [0, 0.05) is 6.42 Å². The molecule has 1 aliphatic rings. The molecule has 0 fully saturated rings. The minimum Gasteiger partial charge on any atom is -0.479 e. The van der Waals surface area contributed by atoms with Gasteiger partial charge in [0.2, 0.25) is 0 Å². The third-order valence-electron chi connectivity index (χ3n) is 1.69. The molecule has 1 atom stereocenters. The molecule has 0 heterocycles. The van der Waals surface area contributed by atoms with Crippen LogP contribution in [0.4, 0.5) is 0 Å². The van der Waals surface area contributed by atoms with E-state index in [9.17, 15) is 9.70 Å². The first-order valence-electron chi connectivity index (χ1n) is 3.38. The lowest BCUT2D eigenvalue weighted by Crippen LogP contribution is -2.48. The average Bonchev–Trinajstić information content (AvgIpc) is 2.06. The van der Waals surface area contributed by atoms with Gasteiger partial charge in [0.1, 0.15) is 0 Å². The van der Waals surface area contributed by atoms with E-state index in [4.69, 9.17) is 5.11 Å². The second-order valence-electron chi connectivity index (χ2n) is 2.47. The first-order valence-corrected chi connectivity index (χ1v) is 3.38. The number of nitrogens with one attached hydrogen (secondary N) is 1. The molecular formula is C7H10N2O4. The molecule has 1 unspecified atom stereocenters. The van der Waals surface area contributed by atoms with Gasteiger partial charge in [0.05, 0.1) is 5.29 Å². The summed E-state index contributed by atoms with van der Waals surface area (Å²) in [5.74, 6) is -1.11. The summed E-state index contributed by atoms with van der Waals surface area (Å²) < 4.78 is 0. The molecule has 0 aliphatic heterocycles. The van der Waals surface area contributed by atoms with Gasteiger partial charge >= 0.3 is 5.97 Å². The van der Waals surface area contributed by atoms with Crippen LogP contribution in [0.1, 0.15) is 6.42 Å². The minimum absolute atomic E-state index is 0. The fraction of sp³-hybridized carbons (Fsp3) is 0.286. The lowest BCUT2D eigenvalue weighted by Gasteiger charge is -2.23. The number of carbonyl (C=O) groups is 1. The molecule has 0 amide bonds. The van der Waals surface area contributed by atoms with Crippen molar-refractivity contribution >= 4 is 5.97 Å². The zero-order valence-corrected chi connectivity index (χ0v) is 6.73. The van der Waals surface area contributed by atoms with Crippen LogP contribution in [0.15, 0.2) is 29.6 Å². The summed E-state index contributed by atoms with van der Waals surface area (Å²) in [5, 5.41) is 11.2. The Bertz CT molecular complexity index is 257. The number of carboxylic acid groups (broad SMARTS) is 1. The molecule has 4 N–H and O–H groups in total. The van der Waals surface area contributed by atoms with E-state index in [0.29, 0.717) is 0 Å². The van der Waals surface area contributed by atoms with E-state index in [1.54, 1.807) is 18.2 Å². The largest absolute Gasteiger partial charge is 0.479 e. The van der Waals surface area contributed by atoms with Crippen LogP contribution in [0.3, 0.4) is 0 Å². The van der Waals surface area contributed by atoms with Crippen LogP contribution >= 0.6 is 0 Å². The first kappa shape index (κ1) is 11.3. The Balaban J connectivity index is 0.00000144. The van der Waals surface area contributed by atoms with Crippen LogP contribution in [-0.4, -0.2) is 22.1 Å².